The second-order valence-electron chi connectivity index (χ2n) is 6.33. The number of hydrazine groups is 1. The molecule has 1 rings (SSSR count). The molecule has 0 aliphatic rings. The Bertz CT molecular complexity index is 517. The number of amides is 1. The molecule has 0 aliphatic heterocycles. The van der Waals surface area contributed by atoms with E-state index in [-0.39, 0.29) is 17.7 Å². The molecule has 128 valence electrons. The van der Waals surface area contributed by atoms with Crippen LogP contribution in [0.2, 0.25) is 5.02 Å². The summed E-state index contributed by atoms with van der Waals surface area (Å²) < 4.78 is 0. The van der Waals surface area contributed by atoms with Crippen molar-refractivity contribution in [1.82, 2.24) is 16.2 Å². The lowest BCUT2D eigenvalue weighted by Crippen LogP contribution is -2.49. The molecule has 1 aromatic carbocycles. The van der Waals surface area contributed by atoms with E-state index in [9.17, 15) is 4.79 Å². The van der Waals surface area contributed by atoms with E-state index in [1.807, 2.05) is 26.0 Å². The van der Waals surface area contributed by atoms with Gasteiger partial charge in [0, 0.05) is 11.6 Å². The van der Waals surface area contributed by atoms with Gasteiger partial charge in [-0.25, -0.2) is 0 Å². The summed E-state index contributed by atoms with van der Waals surface area (Å²) in [5.41, 5.74) is 6.39. The summed E-state index contributed by atoms with van der Waals surface area (Å²) in [4.78, 5) is 12.5. The van der Waals surface area contributed by atoms with Gasteiger partial charge in [-0.15, -0.1) is 0 Å². The molecule has 0 fully saturated rings. The zero-order valence-corrected chi connectivity index (χ0v) is 15.7. The lowest BCUT2D eigenvalue weighted by Gasteiger charge is -2.21. The van der Waals surface area contributed by atoms with Crippen LogP contribution in [0.4, 0.5) is 0 Å². The van der Waals surface area contributed by atoms with Crippen LogP contribution in [0.1, 0.15) is 45.6 Å². The van der Waals surface area contributed by atoms with Crippen LogP contribution < -0.4 is 16.2 Å². The number of halogens is 1. The molecule has 0 aromatic heterocycles. The van der Waals surface area contributed by atoms with E-state index in [2.05, 4.69) is 30.0 Å². The minimum absolute atomic E-state index is 0.115. The second-order valence-corrected chi connectivity index (χ2v) is 7.17. The van der Waals surface area contributed by atoms with Crippen molar-refractivity contribution < 1.29 is 4.79 Å². The zero-order valence-electron chi connectivity index (χ0n) is 14.2. The Labute approximate surface area is 149 Å². The molecule has 23 heavy (non-hydrogen) atoms. The SMILES string of the molecule is CC(C)CCNC(=S)NNC(=O)[C@H](c1ccc(Cl)cc1)C(C)C. The monoisotopic (exact) mass is 355 g/mol. The van der Waals surface area contributed by atoms with Gasteiger partial charge < -0.3 is 5.32 Å². The first-order valence-electron chi connectivity index (χ1n) is 7.90. The molecule has 6 heteroatoms. The summed E-state index contributed by atoms with van der Waals surface area (Å²) >= 11 is 11.1. The Kier molecular flexibility index (Phi) is 8.34. The largest absolute Gasteiger partial charge is 0.361 e. The van der Waals surface area contributed by atoms with Crippen LogP contribution in [0.25, 0.3) is 0 Å². The summed E-state index contributed by atoms with van der Waals surface area (Å²) in [5, 5.41) is 4.16. The predicted molar refractivity (Wildman–Crippen MR) is 100 cm³/mol. The van der Waals surface area contributed by atoms with Crippen molar-refractivity contribution in [3.8, 4) is 0 Å². The Morgan fingerprint density at radius 3 is 2.26 bits per heavy atom. The van der Waals surface area contributed by atoms with E-state index < -0.39 is 0 Å². The first kappa shape index (κ1) is 19.7. The molecule has 0 bridgehead atoms. The van der Waals surface area contributed by atoms with E-state index >= 15 is 0 Å². The minimum Gasteiger partial charge on any atom is -0.361 e. The number of rotatable bonds is 6. The maximum Gasteiger partial charge on any atom is 0.246 e. The van der Waals surface area contributed by atoms with Crippen molar-refractivity contribution in [3.63, 3.8) is 0 Å². The van der Waals surface area contributed by atoms with Crippen molar-refractivity contribution in [2.24, 2.45) is 11.8 Å². The topological polar surface area (TPSA) is 53.2 Å². The molecule has 0 saturated carbocycles. The molecule has 1 amide bonds. The van der Waals surface area contributed by atoms with E-state index in [4.69, 9.17) is 23.8 Å². The van der Waals surface area contributed by atoms with E-state index in [1.54, 1.807) is 12.1 Å². The van der Waals surface area contributed by atoms with Crippen molar-refractivity contribution >= 4 is 34.8 Å². The van der Waals surface area contributed by atoms with Crippen molar-refractivity contribution in [1.29, 1.82) is 0 Å². The summed E-state index contributed by atoms with van der Waals surface area (Å²) in [6.07, 6.45) is 1.02. The molecule has 0 heterocycles. The molecule has 0 unspecified atom stereocenters. The number of hydrogen-bond donors (Lipinski definition) is 3. The molecular formula is C17H26ClN3OS. The smallest absolute Gasteiger partial charge is 0.246 e. The zero-order chi connectivity index (χ0) is 17.4. The lowest BCUT2D eigenvalue weighted by molar-refractivity contribution is -0.124. The van der Waals surface area contributed by atoms with Crippen molar-refractivity contribution in [2.45, 2.75) is 40.0 Å². The van der Waals surface area contributed by atoms with Crippen LogP contribution in [-0.2, 0) is 4.79 Å². The van der Waals surface area contributed by atoms with Gasteiger partial charge in [0.15, 0.2) is 5.11 Å². The minimum atomic E-state index is -0.266. The van der Waals surface area contributed by atoms with Gasteiger partial charge in [-0.3, -0.25) is 15.6 Å². The quantitative estimate of drug-likeness (QED) is 0.539. The number of nitrogens with one attached hydrogen (secondary N) is 3. The average Bonchev–Trinajstić information content (AvgIpc) is 2.46. The van der Waals surface area contributed by atoms with Crippen LogP contribution in [0.5, 0.6) is 0 Å². The van der Waals surface area contributed by atoms with Crippen molar-refractivity contribution in [2.75, 3.05) is 6.54 Å². The Morgan fingerprint density at radius 2 is 1.74 bits per heavy atom. The molecule has 0 spiro atoms. The first-order valence-corrected chi connectivity index (χ1v) is 8.69. The van der Waals surface area contributed by atoms with Gasteiger partial charge in [0.1, 0.15) is 0 Å². The lowest BCUT2D eigenvalue weighted by atomic mass is 9.88. The van der Waals surface area contributed by atoms with E-state index in [1.165, 1.54) is 0 Å². The summed E-state index contributed by atoms with van der Waals surface area (Å²) in [6, 6.07) is 7.35. The van der Waals surface area contributed by atoms with Gasteiger partial charge >= 0.3 is 0 Å². The average molecular weight is 356 g/mol. The summed E-state index contributed by atoms with van der Waals surface area (Å²) in [5.74, 6) is 0.379. The van der Waals surface area contributed by atoms with Crippen LogP contribution in [0.15, 0.2) is 24.3 Å². The Morgan fingerprint density at radius 1 is 1.13 bits per heavy atom. The maximum atomic E-state index is 12.5. The highest BCUT2D eigenvalue weighted by atomic mass is 35.5. The van der Waals surface area contributed by atoms with Gasteiger partial charge in [0.2, 0.25) is 5.91 Å². The van der Waals surface area contributed by atoms with Gasteiger partial charge in [0.25, 0.3) is 0 Å². The highest BCUT2D eigenvalue weighted by Gasteiger charge is 2.24. The summed E-state index contributed by atoms with van der Waals surface area (Å²) in [6.45, 7) is 9.11. The highest BCUT2D eigenvalue weighted by Crippen LogP contribution is 2.25. The molecule has 0 aliphatic carbocycles. The van der Waals surface area contributed by atoms with Gasteiger partial charge in [0.05, 0.1) is 5.92 Å². The normalized spacial score (nSPS) is 12.1. The van der Waals surface area contributed by atoms with Gasteiger partial charge in [-0.2, -0.15) is 0 Å². The number of benzene rings is 1. The molecule has 1 aromatic rings. The van der Waals surface area contributed by atoms with E-state index in [0.717, 1.165) is 18.5 Å². The van der Waals surface area contributed by atoms with Crippen molar-refractivity contribution in [3.05, 3.63) is 34.9 Å². The number of carbonyl (C=O) groups excluding carboxylic acids is 1. The fraction of sp³-hybridized carbons (Fsp3) is 0.529. The Hall–Kier alpha value is -1.33. The van der Waals surface area contributed by atoms with Gasteiger partial charge in [-0.1, -0.05) is 51.4 Å². The third kappa shape index (κ3) is 7.18. The molecule has 1 atom stereocenters. The van der Waals surface area contributed by atoms with Crippen LogP contribution in [-0.4, -0.2) is 17.6 Å². The standard InChI is InChI=1S/C17H26ClN3OS/c1-11(2)9-10-19-17(23)21-20-16(22)15(12(3)4)13-5-7-14(18)8-6-13/h5-8,11-12,15H,9-10H2,1-4H3,(H,20,22)(H2,19,21,23)/t15-/m0/s1. The molecule has 4 nitrogen and oxygen atoms in total. The number of thiocarbonyl (C=S) groups is 1. The second kappa shape index (κ2) is 9.73. The molecule has 0 saturated heterocycles. The first-order chi connectivity index (χ1) is 10.8. The van der Waals surface area contributed by atoms with Gasteiger partial charge in [-0.05, 0) is 48.2 Å². The third-order valence-electron chi connectivity index (χ3n) is 3.48. The van der Waals surface area contributed by atoms with Crippen LogP contribution >= 0.6 is 23.8 Å². The number of carbonyl (C=O) groups is 1. The summed E-state index contributed by atoms with van der Waals surface area (Å²) in [7, 11) is 0. The third-order valence-corrected chi connectivity index (χ3v) is 3.98. The highest BCUT2D eigenvalue weighted by molar-refractivity contribution is 7.80. The maximum absolute atomic E-state index is 12.5. The predicted octanol–water partition coefficient (Wildman–Crippen LogP) is 3.62. The van der Waals surface area contributed by atoms with E-state index in [0.29, 0.717) is 16.1 Å². The fourth-order valence-corrected chi connectivity index (χ4v) is 2.50. The molecular weight excluding hydrogens is 330 g/mol. The van der Waals surface area contributed by atoms with Crippen LogP contribution in [0, 0.1) is 11.8 Å². The molecule has 0 radical (unpaired) electrons. The fourth-order valence-electron chi connectivity index (χ4n) is 2.22. The van der Waals surface area contributed by atoms with Crippen LogP contribution in [0.3, 0.4) is 0 Å². The molecule has 3 N–H and O–H groups in total. The number of hydrogen-bond acceptors (Lipinski definition) is 2. The Balaban J connectivity index is 2.55.